The molecular weight excluding hydrogens is 460 g/mol. The van der Waals surface area contributed by atoms with Crippen molar-refractivity contribution in [3.8, 4) is 23.0 Å². The maximum Gasteiger partial charge on any atom is 0.265 e. The first-order chi connectivity index (χ1) is 16.2. The average molecular weight is 487 g/mol. The third-order valence-corrected chi connectivity index (χ3v) is 6.19. The van der Waals surface area contributed by atoms with E-state index in [1.807, 2.05) is 0 Å². The van der Waals surface area contributed by atoms with Crippen LogP contribution in [0.3, 0.4) is 0 Å². The standard InChI is InChI=1S/C24H26N2O7S/c1-16(33-20-7-5-6-18(14-20)30-2)24(27)25-17-8-11-21(12-9-17)34(28,29)26-22-13-10-19(31-3)15-23(22)32-4/h5-16,26H,1-4H3,(H,25,27). The van der Waals surface area contributed by atoms with Crippen LogP contribution in [0.2, 0.25) is 0 Å². The van der Waals surface area contributed by atoms with Crippen LogP contribution in [0.25, 0.3) is 0 Å². The van der Waals surface area contributed by atoms with Crippen LogP contribution in [0.5, 0.6) is 23.0 Å². The summed E-state index contributed by atoms with van der Waals surface area (Å²) in [5, 5.41) is 2.71. The SMILES string of the molecule is COc1cccc(OC(C)C(=O)Nc2ccc(S(=O)(=O)Nc3ccc(OC)cc3OC)cc2)c1. The lowest BCUT2D eigenvalue weighted by molar-refractivity contribution is -0.122. The fourth-order valence-corrected chi connectivity index (χ4v) is 4.05. The van der Waals surface area contributed by atoms with Gasteiger partial charge in [-0.15, -0.1) is 0 Å². The Morgan fingerprint density at radius 1 is 0.824 bits per heavy atom. The van der Waals surface area contributed by atoms with E-state index in [-0.39, 0.29) is 16.5 Å². The number of methoxy groups -OCH3 is 3. The first-order valence-electron chi connectivity index (χ1n) is 10.2. The number of carbonyl (C=O) groups is 1. The summed E-state index contributed by atoms with van der Waals surface area (Å²) in [6.45, 7) is 1.61. The van der Waals surface area contributed by atoms with Gasteiger partial charge in [0, 0.05) is 17.8 Å². The van der Waals surface area contributed by atoms with Crippen molar-refractivity contribution in [3.63, 3.8) is 0 Å². The van der Waals surface area contributed by atoms with E-state index in [1.54, 1.807) is 56.5 Å². The zero-order valence-electron chi connectivity index (χ0n) is 19.2. The third-order valence-electron chi connectivity index (χ3n) is 4.81. The van der Waals surface area contributed by atoms with Gasteiger partial charge in [0.25, 0.3) is 15.9 Å². The second-order valence-corrected chi connectivity index (χ2v) is 8.81. The van der Waals surface area contributed by atoms with Gasteiger partial charge in [0.05, 0.1) is 31.9 Å². The van der Waals surface area contributed by atoms with E-state index in [4.69, 9.17) is 18.9 Å². The molecule has 0 radical (unpaired) electrons. The Morgan fingerprint density at radius 3 is 2.12 bits per heavy atom. The van der Waals surface area contributed by atoms with Crippen molar-refractivity contribution < 1.29 is 32.2 Å². The smallest absolute Gasteiger partial charge is 0.265 e. The molecule has 2 N–H and O–H groups in total. The summed E-state index contributed by atoms with van der Waals surface area (Å²) in [7, 11) is 0.588. The van der Waals surface area contributed by atoms with E-state index in [1.165, 1.54) is 38.5 Å². The van der Waals surface area contributed by atoms with Gasteiger partial charge >= 0.3 is 0 Å². The predicted octanol–water partition coefficient (Wildman–Crippen LogP) is 3.92. The molecule has 1 amide bonds. The van der Waals surface area contributed by atoms with E-state index < -0.39 is 16.1 Å². The van der Waals surface area contributed by atoms with Crippen molar-refractivity contribution in [3.05, 3.63) is 66.7 Å². The van der Waals surface area contributed by atoms with Crippen molar-refractivity contribution in [2.24, 2.45) is 0 Å². The van der Waals surface area contributed by atoms with E-state index in [9.17, 15) is 13.2 Å². The van der Waals surface area contributed by atoms with Gasteiger partial charge < -0.3 is 24.3 Å². The van der Waals surface area contributed by atoms with Crippen LogP contribution in [0.4, 0.5) is 11.4 Å². The molecule has 3 aromatic carbocycles. The molecule has 0 aliphatic rings. The van der Waals surface area contributed by atoms with Crippen molar-refractivity contribution >= 4 is 27.3 Å². The molecule has 0 heterocycles. The molecule has 1 atom stereocenters. The minimum atomic E-state index is -3.89. The largest absolute Gasteiger partial charge is 0.497 e. The van der Waals surface area contributed by atoms with Crippen LogP contribution in [0, 0.1) is 0 Å². The van der Waals surface area contributed by atoms with Crippen molar-refractivity contribution in [2.45, 2.75) is 17.9 Å². The monoisotopic (exact) mass is 486 g/mol. The third kappa shape index (κ3) is 6.10. The first kappa shape index (κ1) is 24.7. The van der Waals surface area contributed by atoms with Gasteiger partial charge in [0.2, 0.25) is 0 Å². The first-order valence-corrected chi connectivity index (χ1v) is 11.7. The summed E-state index contributed by atoms with van der Waals surface area (Å²) in [5.74, 6) is 1.56. The Kier molecular flexibility index (Phi) is 7.85. The molecule has 0 aromatic heterocycles. The molecule has 0 fully saturated rings. The summed E-state index contributed by atoms with van der Waals surface area (Å²) in [4.78, 5) is 12.5. The minimum Gasteiger partial charge on any atom is -0.497 e. The predicted molar refractivity (Wildman–Crippen MR) is 129 cm³/mol. The quantitative estimate of drug-likeness (QED) is 0.447. The fraction of sp³-hybridized carbons (Fsp3) is 0.208. The van der Waals surface area contributed by atoms with Gasteiger partial charge in [-0.1, -0.05) is 6.07 Å². The van der Waals surface area contributed by atoms with Gasteiger partial charge in [-0.3, -0.25) is 9.52 Å². The van der Waals surface area contributed by atoms with Crippen molar-refractivity contribution in [1.82, 2.24) is 0 Å². The van der Waals surface area contributed by atoms with Crippen molar-refractivity contribution in [1.29, 1.82) is 0 Å². The highest BCUT2D eigenvalue weighted by Crippen LogP contribution is 2.31. The molecule has 3 aromatic rings. The zero-order chi connectivity index (χ0) is 24.7. The van der Waals surface area contributed by atoms with Crippen LogP contribution in [0.15, 0.2) is 71.6 Å². The van der Waals surface area contributed by atoms with E-state index >= 15 is 0 Å². The Hall–Kier alpha value is -3.92. The van der Waals surface area contributed by atoms with Gasteiger partial charge in [-0.2, -0.15) is 0 Å². The fourth-order valence-electron chi connectivity index (χ4n) is 2.98. The maximum absolute atomic E-state index is 12.8. The number of sulfonamides is 1. The number of benzene rings is 3. The average Bonchev–Trinajstić information content (AvgIpc) is 2.84. The van der Waals surface area contributed by atoms with Crippen LogP contribution in [-0.4, -0.2) is 41.8 Å². The lowest BCUT2D eigenvalue weighted by Gasteiger charge is -2.16. The summed E-state index contributed by atoms with van der Waals surface area (Å²) in [6.07, 6.45) is -0.792. The highest BCUT2D eigenvalue weighted by Gasteiger charge is 2.19. The van der Waals surface area contributed by atoms with E-state index in [0.717, 1.165) is 0 Å². The maximum atomic E-state index is 12.8. The summed E-state index contributed by atoms with van der Waals surface area (Å²) in [6, 6.07) is 17.4. The van der Waals surface area contributed by atoms with Crippen LogP contribution < -0.4 is 29.0 Å². The Morgan fingerprint density at radius 2 is 1.47 bits per heavy atom. The van der Waals surface area contributed by atoms with Crippen molar-refractivity contribution in [2.75, 3.05) is 31.4 Å². The molecule has 34 heavy (non-hydrogen) atoms. The second kappa shape index (κ2) is 10.8. The lowest BCUT2D eigenvalue weighted by Crippen LogP contribution is -2.30. The van der Waals surface area contributed by atoms with Crippen LogP contribution >= 0.6 is 0 Å². The summed E-state index contributed by atoms with van der Waals surface area (Å²) >= 11 is 0. The number of rotatable bonds is 10. The van der Waals surface area contributed by atoms with Gasteiger partial charge in [-0.05, 0) is 55.5 Å². The van der Waals surface area contributed by atoms with E-state index in [2.05, 4.69) is 10.0 Å². The molecule has 0 bridgehead atoms. The normalized spacial score (nSPS) is 11.8. The molecular formula is C24H26N2O7S. The number of carbonyl (C=O) groups excluding carboxylic acids is 1. The summed E-state index contributed by atoms with van der Waals surface area (Å²) < 4.78 is 49.3. The van der Waals surface area contributed by atoms with E-state index in [0.29, 0.717) is 28.7 Å². The highest BCUT2D eigenvalue weighted by molar-refractivity contribution is 7.92. The molecule has 180 valence electrons. The molecule has 3 rings (SSSR count). The molecule has 0 spiro atoms. The lowest BCUT2D eigenvalue weighted by atomic mass is 10.3. The Balaban J connectivity index is 1.66. The Bertz CT molecular complexity index is 1240. The number of ether oxygens (including phenoxy) is 4. The molecule has 0 saturated heterocycles. The van der Waals surface area contributed by atoms with Crippen LogP contribution in [-0.2, 0) is 14.8 Å². The highest BCUT2D eigenvalue weighted by atomic mass is 32.2. The number of hydrogen-bond acceptors (Lipinski definition) is 7. The Labute approximate surface area is 198 Å². The topological polar surface area (TPSA) is 112 Å². The second-order valence-electron chi connectivity index (χ2n) is 7.12. The molecule has 0 saturated carbocycles. The molecule has 0 aliphatic heterocycles. The van der Waals surface area contributed by atoms with Crippen LogP contribution in [0.1, 0.15) is 6.92 Å². The minimum absolute atomic E-state index is 0.0176. The molecule has 10 heteroatoms. The number of amides is 1. The number of hydrogen-bond donors (Lipinski definition) is 2. The molecule has 0 aliphatic carbocycles. The summed E-state index contributed by atoms with van der Waals surface area (Å²) in [5.41, 5.74) is 0.691. The number of anilines is 2. The van der Waals surface area contributed by atoms with Gasteiger partial charge in [-0.25, -0.2) is 8.42 Å². The van der Waals surface area contributed by atoms with Gasteiger partial charge in [0.1, 0.15) is 23.0 Å². The molecule has 9 nitrogen and oxygen atoms in total. The molecule has 1 unspecified atom stereocenters. The zero-order valence-corrected chi connectivity index (χ0v) is 20.0. The van der Waals surface area contributed by atoms with Gasteiger partial charge in [0.15, 0.2) is 6.10 Å². The number of nitrogens with one attached hydrogen (secondary N) is 2.